The molecule has 0 bridgehead atoms. The van der Waals surface area contributed by atoms with E-state index in [9.17, 15) is 29.7 Å². The van der Waals surface area contributed by atoms with Gasteiger partial charge in [-0.3, -0.25) is 0 Å². The van der Waals surface area contributed by atoms with Crippen molar-refractivity contribution in [2.45, 2.75) is 130 Å². The predicted molar refractivity (Wildman–Crippen MR) is 160 cm³/mol. The van der Waals surface area contributed by atoms with E-state index < -0.39 is 42.8 Å². The van der Waals surface area contributed by atoms with Crippen molar-refractivity contribution in [1.29, 1.82) is 0 Å². The van der Waals surface area contributed by atoms with Gasteiger partial charge in [0.25, 0.3) is 0 Å². The first-order valence-corrected chi connectivity index (χ1v) is 18.4. The molecule has 0 heterocycles. The molecule has 0 amide bonds. The van der Waals surface area contributed by atoms with E-state index in [4.69, 9.17) is 13.6 Å². The summed E-state index contributed by atoms with van der Waals surface area (Å²) in [5.74, 6) is -1.47. The lowest BCUT2D eigenvalue weighted by molar-refractivity contribution is -0.148. The largest absolute Gasteiger partial charge is 0.537 e. The minimum Gasteiger partial charge on any atom is -0.372 e. The van der Waals surface area contributed by atoms with Gasteiger partial charge in [-0.2, -0.15) is 0 Å². The maximum absolute atomic E-state index is 12.7. The third-order valence-electron chi connectivity index (χ3n) is 7.95. The standard InChI is InChI=1S/C27H45O9PS3/c1-16-4-10-19(11-5-16)38-25(31)22(28)34-37(35-23(29)26(32)39-20-12-6-17(2)7-13-20)36-24(30)27(33)40-21-14-8-18(3)9-15-21/h16-21,25-27,31-33H,4-15H2,1-3H3. The monoisotopic (exact) mass is 640 g/mol. The van der Waals surface area contributed by atoms with Crippen molar-refractivity contribution in [3.8, 4) is 0 Å². The van der Waals surface area contributed by atoms with Gasteiger partial charge in [0, 0.05) is 15.7 Å². The Morgan fingerprint density at radius 1 is 0.525 bits per heavy atom. The summed E-state index contributed by atoms with van der Waals surface area (Å²) in [5.41, 5.74) is -4.64. The van der Waals surface area contributed by atoms with E-state index in [2.05, 4.69) is 20.8 Å². The molecule has 0 aromatic carbocycles. The van der Waals surface area contributed by atoms with Crippen LogP contribution in [0.4, 0.5) is 0 Å². The lowest BCUT2D eigenvalue weighted by Gasteiger charge is -2.28. The molecule has 13 heteroatoms. The molecule has 3 atom stereocenters. The molecule has 3 rings (SSSR count). The third kappa shape index (κ3) is 11.8. The number of aliphatic hydroxyl groups is 3. The average molecular weight is 641 g/mol. The zero-order valence-corrected chi connectivity index (χ0v) is 27.0. The Hall–Kier alpha value is -0.230. The second-order valence-corrected chi connectivity index (χ2v) is 16.7. The topological polar surface area (TPSA) is 140 Å². The second kappa shape index (κ2) is 17.2. The highest BCUT2D eigenvalue weighted by atomic mass is 32.2. The Kier molecular flexibility index (Phi) is 14.7. The van der Waals surface area contributed by atoms with Crippen LogP contribution in [0.2, 0.25) is 0 Å². The fourth-order valence-corrected chi connectivity index (χ4v) is 9.49. The van der Waals surface area contributed by atoms with E-state index in [0.29, 0.717) is 17.8 Å². The van der Waals surface area contributed by atoms with Crippen LogP contribution in [0.15, 0.2) is 0 Å². The first-order chi connectivity index (χ1) is 19.0. The minimum absolute atomic E-state index is 0.0861. The van der Waals surface area contributed by atoms with Gasteiger partial charge in [-0.25, -0.2) is 14.4 Å². The van der Waals surface area contributed by atoms with Gasteiger partial charge in [0.15, 0.2) is 16.3 Å². The minimum atomic E-state index is -2.94. The van der Waals surface area contributed by atoms with Gasteiger partial charge in [0.05, 0.1) is 0 Å². The van der Waals surface area contributed by atoms with Gasteiger partial charge >= 0.3 is 26.5 Å². The van der Waals surface area contributed by atoms with Gasteiger partial charge in [-0.05, 0) is 94.8 Å². The van der Waals surface area contributed by atoms with Crippen LogP contribution in [0.5, 0.6) is 0 Å². The van der Waals surface area contributed by atoms with Crippen LogP contribution in [0.25, 0.3) is 0 Å². The predicted octanol–water partition coefficient (Wildman–Crippen LogP) is 5.73. The van der Waals surface area contributed by atoms with Crippen molar-refractivity contribution in [2.24, 2.45) is 17.8 Å². The van der Waals surface area contributed by atoms with Crippen LogP contribution in [0.1, 0.15) is 97.8 Å². The lowest BCUT2D eigenvalue weighted by atomic mass is 9.91. The number of hydrogen-bond acceptors (Lipinski definition) is 12. The normalized spacial score (nSPS) is 32.2. The van der Waals surface area contributed by atoms with Crippen LogP contribution in [0, 0.1) is 17.8 Å². The van der Waals surface area contributed by atoms with Gasteiger partial charge < -0.3 is 28.9 Å². The number of aliphatic hydroxyl groups excluding tert-OH is 3. The molecule has 3 fully saturated rings. The summed E-state index contributed by atoms with van der Waals surface area (Å²) < 4.78 is 15.5. The Labute approximate surface area is 252 Å². The van der Waals surface area contributed by atoms with Crippen molar-refractivity contribution in [2.75, 3.05) is 0 Å². The maximum Gasteiger partial charge on any atom is 0.537 e. The van der Waals surface area contributed by atoms with Gasteiger partial charge in [0.1, 0.15) is 0 Å². The zero-order chi connectivity index (χ0) is 29.2. The SMILES string of the molecule is CC1CCC(SC(O)C(=O)OP(OC(=O)C(O)SC2CCC(C)CC2)OC(=O)C(O)SC2CCC(C)CC2)CC1. The number of rotatable bonds is 12. The molecule has 0 aliphatic heterocycles. The second-order valence-electron chi connectivity index (χ2n) is 11.6. The molecule has 3 aliphatic rings. The van der Waals surface area contributed by atoms with Crippen LogP contribution in [-0.2, 0) is 28.0 Å². The molecule has 3 N–H and O–H groups in total. The van der Waals surface area contributed by atoms with Crippen LogP contribution in [-0.4, -0.2) is 65.3 Å². The summed E-state index contributed by atoms with van der Waals surface area (Å²) in [5, 5.41) is 31.6. The highest BCUT2D eigenvalue weighted by Crippen LogP contribution is 2.45. The smallest absolute Gasteiger partial charge is 0.372 e. The Morgan fingerprint density at radius 3 is 0.975 bits per heavy atom. The molecule has 230 valence electrons. The summed E-state index contributed by atoms with van der Waals surface area (Å²) in [7, 11) is -2.94. The number of carbonyl (C=O) groups excluding carboxylic acids is 3. The molecule has 3 saturated carbocycles. The number of thioether (sulfide) groups is 3. The van der Waals surface area contributed by atoms with Crippen molar-refractivity contribution in [1.82, 2.24) is 0 Å². The summed E-state index contributed by atoms with van der Waals surface area (Å²) in [6.45, 7) is 6.51. The summed E-state index contributed by atoms with van der Waals surface area (Å²) in [6.07, 6.45) is 11.2. The van der Waals surface area contributed by atoms with Crippen molar-refractivity contribution >= 4 is 61.8 Å². The quantitative estimate of drug-likeness (QED) is 0.177. The fourth-order valence-electron chi connectivity index (χ4n) is 5.22. The van der Waals surface area contributed by atoms with Crippen LogP contribution in [0.3, 0.4) is 0 Å². The molecule has 0 saturated heterocycles. The zero-order valence-electron chi connectivity index (χ0n) is 23.6. The molecule has 0 spiro atoms. The molecule has 0 aromatic heterocycles. The van der Waals surface area contributed by atoms with E-state index in [1.807, 2.05) is 0 Å². The summed E-state index contributed by atoms with van der Waals surface area (Å²) in [6, 6.07) is 0. The molecule has 9 nitrogen and oxygen atoms in total. The molecular formula is C27H45O9PS3. The third-order valence-corrected chi connectivity index (χ3v) is 12.9. The van der Waals surface area contributed by atoms with E-state index in [1.165, 1.54) is 0 Å². The van der Waals surface area contributed by atoms with Crippen molar-refractivity contribution < 1.29 is 43.3 Å². The number of carbonyl (C=O) groups is 3. The Bertz CT molecular complexity index is 708. The highest BCUT2D eigenvalue weighted by Gasteiger charge is 2.37. The van der Waals surface area contributed by atoms with Crippen molar-refractivity contribution in [3.05, 3.63) is 0 Å². The van der Waals surface area contributed by atoms with Gasteiger partial charge in [-0.15, -0.1) is 35.3 Å². The van der Waals surface area contributed by atoms with E-state index in [1.54, 1.807) is 0 Å². The van der Waals surface area contributed by atoms with E-state index in [-0.39, 0.29) is 15.7 Å². The first-order valence-electron chi connectivity index (χ1n) is 14.5. The number of hydrogen-bond donors (Lipinski definition) is 3. The fraction of sp³-hybridized carbons (Fsp3) is 0.889. The Morgan fingerprint density at radius 2 is 0.750 bits per heavy atom. The first kappa shape index (κ1) is 34.3. The molecule has 0 radical (unpaired) electrons. The van der Waals surface area contributed by atoms with Crippen LogP contribution < -0.4 is 0 Å². The summed E-state index contributed by atoms with van der Waals surface area (Å²) in [4.78, 5) is 38.1. The molecular weight excluding hydrogens is 595 g/mol. The molecule has 3 aliphatic carbocycles. The maximum atomic E-state index is 12.7. The van der Waals surface area contributed by atoms with E-state index >= 15 is 0 Å². The molecule has 3 unspecified atom stereocenters. The summed E-state index contributed by atoms with van der Waals surface area (Å²) >= 11 is 3.22. The van der Waals surface area contributed by atoms with Crippen LogP contribution >= 0.6 is 43.9 Å². The molecule has 40 heavy (non-hydrogen) atoms. The van der Waals surface area contributed by atoms with Crippen molar-refractivity contribution in [3.63, 3.8) is 0 Å². The van der Waals surface area contributed by atoms with E-state index in [0.717, 1.165) is 112 Å². The van der Waals surface area contributed by atoms with Gasteiger partial charge in [-0.1, -0.05) is 20.8 Å². The average Bonchev–Trinajstić information content (AvgIpc) is 2.92. The molecule has 0 aromatic rings. The van der Waals surface area contributed by atoms with Gasteiger partial charge in [0.2, 0.25) is 0 Å². The Balaban J connectivity index is 1.56. The highest BCUT2D eigenvalue weighted by molar-refractivity contribution is 8.01. The lowest BCUT2D eigenvalue weighted by Crippen LogP contribution is -2.28.